The van der Waals surface area contributed by atoms with E-state index in [0.717, 1.165) is 24.3 Å². The van der Waals surface area contributed by atoms with Crippen molar-refractivity contribution in [2.24, 2.45) is 23.5 Å². The molecule has 2 atom stereocenters. The van der Waals surface area contributed by atoms with Gasteiger partial charge in [-0.3, -0.25) is 0 Å². The van der Waals surface area contributed by atoms with Gasteiger partial charge in [-0.15, -0.1) is 0 Å². The van der Waals surface area contributed by atoms with E-state index in [4.69, 9.17) is 5.73 Å². The summed E-state index contributed by atoms with van der Waals surface area (Å²) in [5.74, 6) is 2.98. The molecule has 1 nitrogen and oxygen atoms in total. The van der Waals surface area contributed by atoms with E-state index < -0.39 is 0 Å². The second kappa shape index (κ2) is 3.14. The molecule has 0 aliphatic heterocycles. The van der Waals surface area contributed by atoms with Crippen LogP contribution in [0.2, 0.25) is 0 Å². The summed E-state index contributed by atoms with van der Waals surface area (Å²) in [5.41, 5.74) is 5.71. The molecule has 2 unspecified atom stereocenters. The molecular formula is C10H19N. The largest absolute Gasteiger partial charge is 0.330 e. The van der Waals surface area contributed by atoms with Gasteiger partial charge >= 0.3 is 0 Å². The standard InChI is InChI=1S/C10H19N/c11-7-10-5-8-2-1-3-9(4-8)6-10/h8-10H,1-7,11H2. The Hall–Kier alpha value is -0.0400. The third kappa shape index (κ3) is 1.58. The maximum Gasteiger partial charge on any atom is -0.00487 e. The molecule has 0 aromatic rings. The maximum atomic E-state index is 5.71. The van der Waals surface area contributed by atoms with Crippen LogP contribution < -0.4 is 5.73 Å². The van der Waals surface area contributed by atoms with Gasteiger partial charge in [-0.05, 0) is 43.6 Å². The van der Waals surface area contributed by atoms with E-state index >= 15 is 0 Å². The molecule has 2 fully saturated rings. The van der Waals surface area contributed by atoms with Crippen LogP contribution in [0.5, 0.6) is 0 Å². The fourth-order valence-corrected chi connectivity index (χ4v) is 3.06. The van der Waals surface area contributed by atoms with Crippen molar-refractivity contribution in [3.8, 4) is 0 Å². The Labute approximate surface area is 69.4 Å². The predicted molar refractivity (Wildman–Crippen MR) is 47.2 cm³/mol. The van der Waals surface area contributed by atoms with Crippen molar-refractivity contribution in [1.82, 2.24) is 0 Å². The number of hydrogen-bond donors (Lipinski definition) is 1. The molecule has 0 heterocycles. The summed E-state index contributed by atoms with van der Waals surface area (Å²) in [6, 6.07) is 0. The van der Waals surface area contributed by atoms with Gasteiger partial charge in [0, 0.05) is 0 Å². The molecular weight excluding hydrogens is 134 g/mol. The molecule has 2 bridgehead atoms. The van der Waals surface area contributed by atoms with Gasteiger partial charge in [0.1, 0.15) is 0 Å². The van der Waals surface area contributed by atoms with Crippen LogP contribution in [0.4, 0.5) is 0 Å². The van der Waals surface area contributed by atoms with Crippen LogP contribution >= 0.6 is 0 Å². The van der Waals surface area contributed by atoms with E-state index in [9.17, 15) is 0 Å². The number of fused-ring (bicyclic) bond motifs is 2. The average molecular weight is 153 g/mol. The van der Waals surface area contributed by atoms with Gasteiger partial charge in [-0.2, -0.15) is 0 Å². The summed E-state index contributed by atoms with van der Waals surface area (Å²) in [4.78, 5) is 0. The average Bonchev–Trinajstić information content (AvgIpc) is 2.03. The molecule has 0 aromatic carbocycles. The monoisotopic (exact) mass is 153 g/mol. The summed E-state index contributed by atoms with van der Waals surface area (Å²) in [6.07, 6.45) is 8.88. The SMILES string of the molecule is NCC1CC2CCCC(C1)C2. The molecule has 2 aliphatic carbocycles. The molecule has 2 rings (SSSR count). The van der Waals surface area contributed by atoms with Crippen molar-refractivity contribution in [3.63, 3.8) is 0 Å². The van der Waals surface area contributed by atoms with Crippen LogP contribution in [0, 0.1) is 17.8 Å². The molecule has 0 amide bonds. The minimum absolute atomic E-state index is 0.874. The first kappa shape index (κ1) is 7.60. The van der Waals surface area contributed by atoms with E-state index in [1.807, 2.05) is 0 Å². The van der Waals surface area contributed by atoms with Crippen molar-refractivity contribution in [1.29, 1.82) is 0 Å². The topological polar surface area (TPSA) is 26.0 Å². The highest BCUT2D eigenvalue weighted by atomic mass is 14.6. The molecule has 0 aromatic heterocycles. The number of nitrogens with two attached hydrogens (primary N) is 1. The molecule has 0 saturated heterocycles. The van der Waals surface area contributed by atoms with Gasteiger partial charge in [0.15, 0.2) is 0 Å². The third-order valence-corrected chi connectivity index (χ3v) is 3.56. The second-order valence-electron chi connectivity index (χ2n) is 4.47. The van der Waals surface area contributed by atoms with E-state index in [2.05, 4.69) is 0 Å². The molecule has 64 valence electrons. The first-order valence-electron chi connectivity index (χ1n) is 5.08. The summed E-state index contributed by atoms with van der Waals surface area (Å²) in [6.45, 7) is 0.938. The summed E-state index contributed by atoms with van der Waals surface area (Å²) >= 11 is 0. The lowest BCUT2D eigenvalue weighted by Gasteiger charge is -2.38. The van der Waals surface area contributed by atoms with Gasteiger partial charge in [0.2, 0.25) is 0 Å². The minimum atomic E-state index is 0.874. The first-order valence-corrected chi connectivity index (χ1v) is 5.08. The molecule has 2 N–H and O–H groups in total. The highest BCUT2D eigenvalue weighted by Crippen LogP contribution is 2.41. The fraction of sp³-hybridized carbons (Fsp3) is 1.00. The summed E-state index contributed by atoms with van der Waals surface area (Å²) < 4.78 is 0. The molecule has 0 spiro atoms. The first-order chi connectivity index (χ1) is 5.38. The highest BCUT2D eigenvalue weighted by molar-refractivity contribution is 4.83. The third-order valence-electron chi connectivity index (χ3n) is 3.56. The van der Waals surface area contributed by atoms with Gasteiger partial charge in [-0.25, -0.2) is 0 Å². The Morgan fingerprint density at radius 1 is 1.00 bits per heavy atom. The minimum Gasteiger partial charge on any atom is -0.330 e. The smallest absolute Gasteiger partial charge is 0.00487 e. The Bertz CT molecular complexity index is 121. The van der Waals surface area contributed by atoms with E-state index in [-0.39, 0.29) is 0 Å². The molecule has 2 aliphatic rings. The molecule has 1 heteroatoms. The zero-order chi connectivity index (χ0) is 7.68. The quantitative estimate of drug-likeness (QED) is 0.614. The summed E-state index contributed by atoms with van der Waals surface area (Å²) in [5, 5.41) is 0. The Morgan fingerprint density at radius 3 is 2.18 bits per heavy atom. The van der Waals surface area contributed by atoms with Crippen molar-refractivity contribution in [3.05, 3.63) is 0 Å². The zero-order valence-corrected chi connectivity index (χ0v) is 7.26. The second-order valence-corrected chi connectivity index (χ2v) is 4.47. The molecule has 0 radical (unpaired) electrons. The van der Waals surface area contributed by atoms with Gasteiger partial charge in [-0.1, -0.05) is 19.3 Å². The zero-order valence-electron chi connectivity index (χ0n) is 7.26. The van der Waals surface area contributed by atoms with Crippen molar-refractivity contribution < 1.29 is 0 Å². The van der Waals surface area contributed by atoms with Crippen LogP contribution in [0.1, 0.15) is 38.5 Å². The maximum absolute atomic E-state index is 5.71. The lowest BCUT2D eigenvalue weighted by Crippen LogP contribution is -2.30. The van der Waals surface area contributed by atoms with Crippen molar-refractivity contribution >= 4 is 0 Å². The van der Waals surface area contributed by atoms with Crippen LogP contribution in [-0.4, -0.2) is 6.54 Å². The van der Waals surface area contributed by atoms with Crippen molar-refractivity contribution in [2.45, 2.75) is 38.5 Å². The normalized spacial score (nSPS) is 43.9. The van der Waals surface area contributed by atoms with E-state index in [1.165, 1.54) is 38.5 Å². The van der Waals surface area contributed by atoms with E-state index in [1.54, 1.807) is 0 Å². The fourth-order valence-electron chi connectivity index (χ4n) is 3.06. The Balaban J connectivity index is 1.94. The Morgan fingerprint density at radius 2 is 1.64 bits per heavy atom. The van der Waals surface area contributed by atoms with Crippen LogP contribution in [0.25, 0.3) is 0 Å². The van der Waals surface area contributed by atoms with Crippen LogP contribution in [0.3, 0.4) is 0 Å². The number of hydrogen-bond acceptors (Lipinski definition) is 1. The van der Waals surface area contributed by atoms with Crippen LogP contribution in [-0.2, 0) is 0 Å². The van der Waals surface area contributed by atoms with Crippen LogP contribution in [0.15, 0.2) is 0 Å². The van der Waals surface area contributed by atoms with Gasteiger partial charge in [0.05, 0.1) is 0 Å². The lowest BCUT2D eigenvalue weighted by atomic mass is 9.68. The van der Waals surface area contributed by atoms with E-state index in [0.29, 0.717) is 0 Å². The Kier molecular flexibility index (Phi) is 2.17. The van der Waals surface area contributed by atoms with Gasteiger partial charge < -0.3 is 5.73 Å². The van der Waals surface area contributed by atoms with Crippen molar-refractivity contribution in [2.75, 3.05) is 6.54 Å². The molecule has 2 saturated carbocycles. The summed E-state index contributed by atoms with van der Waals surface area (Å²) in [7, 11) is 0. The van der Waals surface area contributed by atoms with Gasteiger partial charge in [0.25, 0.3) is 0 Å². The predicted octanol–water partition coefficient (Wildman–Crippen LogP) is 2.16. The lowest BCUT2D eigenvalue weighted by molar-refractivity contribution is 0.141. The highest BCUT2D eigenvalue weighted by Gasteiger charge is 2.30. The number of rotatable bonds is 1. The molecule has 11 heavy (non-hydrogen) atoms.